The van der Waals surface area contributed by atoms with Gasteiger partial charge in [-0.2, -0.15) is 0 Å². The fourth-order valence-electron chi connectivity index (χ4n) is 3.37. The third-order valence-electron chi connectivity index (χ3n) is 4.59. The molecule has 1 aromatic heterocycles. The Hall–Kier alpha value is -3.95. The third kappa shape index (κ3) is 3.86. The van der Waals surface area contributed by atoms with E-state index < -0.39 is 22.8 Å². The van der Waals surface area contributed by atoms with Crippen LogP contribution in [0.3, 0.4) is 0 Å². The zero-order chi connectivity index (χ0) is 21.1. The van der Waals surface area contributed by atoms with Crippen LogP contribution in [0.15, 0.2) is 65.5 Å². The number of benzene rings is 1. The maximum Gasteiger partial charge on any atom is 0.336 e. The molecule has 2 N–H and O–H groups in total. The van der Waals surface area contributed by atoms with Crippen molar-refractivity contribution >= 4 is 17.6 Å². The molecule has 1 aromatic carbocycles. The van der Waals surface area contributed by atoms with E-state index in [1.54, 1.807) is 36.3 Å². The number of carboxylic acids is 1. The van der Waals surface area contributed by atoms with E-state index in [0.29, 0.717) is 17.0 Å². The number of aliphatic carboxylic acids is 1. The van der Waals surface area contributed by atoms with Crippen LogP contribution in [0.1, 0.15) is 18.4 Å². The number of nitrogens with one attached hydrogen (secondary N) is 1. The second-order valence-electron chi connectivity index (χ2n) is 6.37. The molecule has 2 aromatic rings. The van der Waals surface area contributed by atoms with Gasteiger partial charge in [0.2, 0.25) is 0 Å². The molecular formula is C19H18N4O6. The van der Waals surface area contributed by atoms with Crippen molar-refractivity contribution in [3.05, 3.63) is 81.2 Å². The van der Waals surface area contributed by atoms with E-state index in [1.165, 1.54) is 25.3 Å². The molecule has 0 aliphatic carbocycles. The Kier molecular flexibility index (Phi) is 5.44. The van der Waals surface area contributed by atoms with Crippen molar-refractivity contribution in [3.63, 3.8) is 0 Å². The molecule has 10 heteroatoms. The van der Waals surface area contributed by atoms with Gasteiger partial charge in [0.1, 0.15) is 0 Å². The van der Waals surface area contributed by atoms with E-state index in [9.17, 15) is 24.8 Å². The topological polar surface area (TPSA) is 137 Å². The van der Waals surface area contributed by atoms with Gasteiger partial charge in [0, 0.05) is 35.9 Å². The number of methoxy groups -OCH3 is 1. The van der Waals surface area contributed by atoms with E-state index in [0.717, 1.165) is 0 Å². The van der Waals surface area contributed by atoms with Gasteiger partial charge in [0.25, 0.3) is 5.69 Å². The molecule has 0 spiro atoms. The number of carbonyl (C=O) groups excluding carboxylic acids is 1. The van der Waals surface area contributed by atoms with Crippen molar-refractivity contribution in [2.75, 3.05) is 7.11 Å². The second kappa shape index (κ2) is 7.97. The van der Waals surface area contributed by atoms with Gasteiger partial charge in [0.15, 0.2) is 0 Å². The summed E-state index contributed by atoms with van der Waals surface area (Å²) in [4.78, 5) is 39.3. The summed E-state index contributed by atoms with van der Waals surface area (Å²) in [5.41, 5.74) is 0.848. The van der Waals surface area contributed by atoms with Gasteiger partial charge in [0.05, 0.1) is 42.0 Å². The number of nitro groups is 1. The van der Waals surface area contributed by atoms with Gasteiger partial charge in [-0.15, -0.1) is 0 Å². The minimum absolute atomic E-state index is 0.0738. The van der Waals surface area contributed by atoms with E-state index in [1.807, 2.05) is 0 Å². The van der Waals surface area contributed by atoms with Gasteiger partial charge in [-0.3, -0.25) is 10.1 Å². The number of imidazole rings is 1. The van der Waals surface area contributed by atoms with Crippen molar-refractivity contribution < 1.29 is 24.4 Å². The molecule has 1 aliphatic rings. The molecule has 2 heterocycles. The fraction of sp³-hybridized carbons (Fsp3) is 0.211. The zero-order valence-corrected chi connectivity index (χ0v) is 15.7. The number of nitrogens with zero attached hydrogens (tertiary/aromatic N) is 3. The van der Waals surface area contributed by atoms with Crippen LogP contribution in [-0.2, 0) is 20.9 Å². The number of non-ortho nitro benzene ring substituents is 1. The number of ether oxygens (including phenoxy) is 1. The Morgan fingerprint density at radius 2 is 2.14 bits per heavy atom. The van der Waals surface area contributed by atoms with Crippen LogP contribution in [0.5, 0.6) is 0 Å². The molecule has 150 valence electrons. The van der Waals surface area contributed by atoms with Gasteiger partial charge in [-0.1, -0.05) is 12.1 Å². The Bertz CT molecular complexity index is 1040. The largest absolute Gasteiger partial charge is 0.478 e. The van der Waals surface area contributed by atoms with E-state index in [4.69, 9.17) is 4.74 Å². The minimum Gasteiger partial charge on any atom is -0.478 e. The number of nitro benzene ring substituents is 1. The highest BCUT2D eigenvalue weighted by molar-refractivity contribution is 5.99. The first-order chi connectivity index (χ1) is 13.8. The number of esters is 1. The number of rotatable bonds is 6. The van der Waals surface area contributed by atoms with Crippen LogP contribution in [-0.4, -0.2) is 38.6 Å². The molecule has 10 nitrogen and oxygen atoms in total. The standard InChI is InChI=1S/C19H18N4O6/c1-11-15(18(24)25)16(12-4-3-5-13(8-12)23(27)28)17(19(26)29-2)14(21-11)9-22-7-6-20-10-22/h3-8,10,16,21H,9H2,1-2H3,(H,24,25). The van der Waals surface area contributed by atoms with Crippen molar-refractivity contribution in [2.45, 2.75) is 19.4 Å². The lowest BCUT2D eigenvalue weighted by atomic mass is 9.80. The number of carbonyl (C=O) groups is 2. The summed E-state index contributed by atoms with van der Waals surface area (Å²) in [7, 11) is 1.19. The normalized spacial score (nSPS) is 16.4. The summed E-state index contributed by atoms with van der Waals surface area (Å²) in [6.07, 6.45) is 4.82. The van der Waals surface area contributed by atoms with Crippen molar-refractivity contribution in [2.24, 2.45) is 0 Å². The number of aromatic nitrogens is 2. The summed E-state index contributed by atoms with van der Waals surface area (Å²) in [5.74, 6) is -3.01. The average molecular weight is 398 g/mol. The smallest absolute Gasteiger partial charge is 0.336 e. The Labute approximate surface area is 165 Å². The van der Waals surface area contributed by atoms with E-state index >= 15 is 0 Å². The van der Waals surface area contributed by atoms with Crippen LogP contribution in [0.2, 0.25) is 0 Å². The summed E-state index contributed by atoms with van der Waals surface area (Å²) in [6.45, 7) is 1.79. The molecule has 0 saturated carbocycles. The molecule has 0 fully saturated rings. The summed E-state index contributed by atoms with van der Waals surface area (Å²) >= 11 is 0. The lowest BCUT2D eigenvalue weighted by Crippen LogP contribution is -2.33. The lowest BCUT2D eigenvalue weighted by Gasteiger charge is -2.30. The molecular weight excluding hydrogens is 380 g/mol. The molecule has 0 bridgehead atoms. The molecule has 1 atom stereocenters. The Morgan fingerprint density at radius 3 is 2.72 bits per heavy atom. The first-order valence-corrected chi connectivity index (χ1v) is 8.56. The summed E-state index contributed by atoms with van der Waals surface area (Å²) < 4.78 is 6.62. The van der Waals surface area contributed by atoms with Crippen LogP contribution < -0.4 is 5.32 Å². The van der Waals surface area contributed by atoms with Crippen molar-refractivity contribution in [1.29, 1.82) is 0 Å². The number of hydrogen-bond acceptors (Lipinski definition) is 7. The first-order valence-electron chi connectivity index (χ1n) is 8.56. The zero-order valence-electron chi connectivity index (χ0n) is 15.7. The Morgan fingerprint density at radius 1 is 1.38 bits per heavy atom. The molecule has 0 radical (unpaired) electrons. The van der Waals surface area contributed by atoms with E-state index in [2.05, 4.69) is 10.3 Å². The maximum absolute atomic E-state index is 12.7. The van der Waals surface area contributed by atoms with Gasteiger partial charge in [-0.25, -0.2) is 14.6 Å². The average Bonchev–Trinajstić information content (AvgIpc) is 3.19. The predicted octanol–water partition coefficient (Wildman–Crippen LogP) is 1.96. The van der Waals surface area contributed by atoms with Crippen molar-refractivity contribution in [1.82, 2.24) is 14.9 Å². The number of allylic oxidation sites excluding steroid dienone is 2. The second-order valence-corrected chi connectivity index (χ2v) is 6.37. The number of dihydropyridines is 1. The SMILES string of the molecule is COC(=O)C1=C(Cn2ccnc2)NC(C)=C(C(=O)O)C1c1cccc([N+](=O)[O-])c1. The van der Waals surface area contributed by atoms with Gasteiger partial charge < -0.3 is 19.7 Å². The highest BCUT2D eigenvalue weighted by Crippen LogP contribution is 2.40. The summed E-state index contributed by atoms with van der Waals surface area (Å²) in [5, 5.41) is 24.0. The number of hydrogen-bond donors (Lipinski definition) is 2. The van der Waals surface area contributed by atoms with Crippen molar-refractivity contribution in [3.8, 4) is 0 Å². The molecule has 1 aliphatic heterocycles. The molecule has 3 rings (SSSR count). The first kappa shape index (κ1) is 19.8. The van der Waals surface area contributed by atoms with Gasteiger partial charge in [-0.05, 0) is 12.5 Å². The van der Waals surface area contributed by atoms with Crippen LogP contribution in [0.25, 0.3) is 0 Å². The Balaban J connectivity index is 2.23. The lowest BCUT2D eigenvalue weighted by molar-refractivity contribution is -0.384. The molecule has 1 unspecified atom stereocenters. The summed E-state index contributed by atoms with van der Waals surface area (Å²) in [6, 6.07) is 5.57. The van der Waals surface area contributed by atoms with Gasteiger partial charge >= 0.3 is 11.9 Å². The minimum atomic E-state index is -1.24. The number of carboxylic acid groups (broad SMARTS) is 1. The van der Waals surface area contributed by atoms with Crippen LogP contribution >= 0.6 is 0 Å². The monoisotopic (exact) mass is 398 g/mol. The third-order valence-corrected chi connectivity index (χ3v) is 4.59. The predicted molar refractivity (Wildman–Crippen MR) is 101 cm³/mol. The highest BCUT2D eigenvalue weighted by atomic mass is 16.6. The highest BCUT2D eigenvalue weighted by Gasteiger charge is 2.38. The maximum atomic E-state index is 12.7. The van der Waals surface area contributed by atoms with Crippen LogP contribution in [0.4, 0.5) is 5.69 Å². The molecule has 0 amide bonds. The van der Waals surface area contributed by atoms with E-state index in [-0.39, 0.29) is 23.4 Å². The molecule has 0 saturated heterocycles. The molecule has 29 heavy (non-hydrogen) atoms. The van der Waals surface area contributed by atoms with Crippen LogP contribution in [0, 0.1) is 10.1 Å². The fourth-order valence-corrected chi connectivity index (χ4v) is 3.37. The quantitative estimate of drug-likeness (QED) is 0.428.